The van der Waals surface area contributed by atoms with Crippen molar-refractivity contribution < 1.29 is 29.3 Å². The Bertz CT molecular complexity index is 2320. The third kappa shape index (κ3) is 13.0. The predicted octanol–water partition coefficient (Wildman–Crippen LogP) is 7.76. The zero-order chi connectivity index (χ0) is 50.1. The molecule has 10 rings (SSSR count). The second kappa shape index (κ2) is 23.8. The number of morpholine rings is 2. The largest absolute Gasteiger partial charge is 0.393 e. The molecule has 0 spiro atoms. The van der Waals surface area contributed by atoms with Gasteiger partial charge in [-0.15, -0.1) is 0 Å². The molecule has 6 heterocycles. The van der Waals surface area contributed by atoms with Crippen LogP contribution in [0.4, 0.5) is 44.5 Å². The summed E-state index contributed by atoms with van der Waals surface area (Å²) in [4.78, 5) is 53.5. The van der Waals surface area contributed by atoms with E-state index in [2.05, 4.69) is 58.8 Å². The van der Waals surface area contributed by atoms with Gasteiger partial charge in [-0.2, -0.15) is 9.97 Å². The van der Waals surface area contributed by atoms with E-state index in [4.69, 9.17) is 29.4 Å². The number of aryl methyl sites for hydroxylation is 2. The molecule has 6 fully saturated rings. The number of anilines is 6. The number of amides is 4. The van der Waals surface area contributed by atoms with Gasteiger partial charge in [0.1, 0.15) is 11.6 Å². The van der Waals surface area contributed by atoms with Gasteiger partial charge in [0.25, 0.3) is 0 Å². The van der Waals surface area contributed by atoms with Gasteiger partial charge in [0, 0.05) is 99.1 Å². The van der Waals surface area contributed by atoms with Gasteiger partial charge in [-0.05, 0) is 112 Å². The van der Waals surface area contributed by atoms with Crippen LogP contribution in [0.2, 0.25) is 0 Å². The van der Waals surface area contributed by atoms with Crippen LogP contribution in [0.5, 0.6) is 0 Å². The number of hydrogen-bond donors (Lipinski definition) is 6. The molecule has 2 aromatic carbocycles. The van der Waals surface area contributed by atoms with Crippen LogP contribution in [-0.4, -0.2) is 155 Å². The van der Waals surface area contributed by atoms with Crippen LogP contribution in [0.1, 0.15) is 89.2 Å². The molecule has 4 saturated heterocycles. The number of ether oxygens (including phenoxy) is 2. The molecule has 0 radical (unpaired) electrons. The van der Waals surface area contributed by atoms with Gasteiger partial charge in [0.2, 0.25) is 11.9 Å². The molecule has 6 N–H and O–H groups in total. The van der Waals surface area contributed by atoms with Gasteiger partial charge < -0.3 is 60.6 Å². The molecule has 4 aromatic rings. The van der Waals surface area contributed by atoms with Crippen molar-refractivity contribution in [2.24, 2.45) is 11.8 Å². The lowest BCUT2D eigenvalue weighted by Crippen LogP contribution is -2.37. The van der Waals surface area contributed by atoms with Crippen molar-refractivity contribution in [3.05, 3.63) is 59.7 Å². The van der Waals surface area contributed by atoms with Crippen molar-refractivity contribution in [1.82, 2.24) is 29.7 Å². The van der Waals surface area contributed by atoms with E-state index in [1.807, 2.05) is 58.3 Å². The van der Waals surface area contributed by atoms with Crippen LogP contribution >= 0.6 is 0 Å². The molecule has 2 aliphatic carbocycles. The summed E-state index contributed by atoms with van der Waals surface area (Å²) in [6.07, 6.45) is 8.62. The number of nitrogens with zero attached hydrogens (tertiary/aromatic N) is 8. The Hall–Kier alpha value is -5.82. The van der Waals surface area contributed by atoms with Gasteiger partial charge >= 0.3 is 12.1 Å². The number of aromatic nitrogens is 4. The highest BCUT2D eigenvalue weighted by Crippen LogP contribution is 2.33. The van der Waals surface area contributed by atoms with E-state index in [-0.39, 0.29) is 36.4 Å². The fourth-order valence-corrected chi connectivity index (χ4v) is 10.8. The number of hydrogen-bond acceptors (Lipinski definition) is 14. The SMILES string of the molecule is CC[C@@H]1CCN(C(=O)Nc2ccc(C)c(-c3cc(N4CCOCC4)nc(N[C@@H]4CC[C@H](O)C4)n3)c2)C1.CC[C@@H]1CCN(C(=O)Nc2ccc(C)c(-c3cc(N4CCOCC4)nc(N[C@H]4CC[C@@H](O)C4)n3)c2)C1. The highest BCUT2D eigenvalue weighted by atomic mass is 16.5. The lowest BCUT2D eigenvalue weighted by Gasteiger charge is -2.28. The Morgan fingerprint density at radius 2 is 0.986 bits per heavy atom. The number of aliphatic hydroxyl groups excluding tert-OH is 2. The van der Waals surface area contributed by atoms with Crippen LogP contribution in [0.3, 0.4) is 0 Å². The summed E-state index contributed by atoms with van der Waals surface area (Å²) in [5.41, 5.74) is 7.24. The highest BCUT2D eigenvalue weighted by molar-refractivity contribution is 5.91. The van der Waals surface area contributed by atoms with E-state index >= 15 is 0 Å². The highest BCUT2D eigenvalue weighted by Gasteiger charge is 2.29. The van der Waals surface area contributed by atoms with Crippen molar-refractivity contribution in [3.63, 3.8) is 0 Å². The van der Waals surface area contributed by atoms with Crippen LogP contribution in [0.15, 0.2) is 48.5 Å². The third-order valence-corrected chi connectivity index (χ3v) is 15.4. The molecule has 4 amide bonds. The maximum absolute atomic E-state index is 12.9. The van der Waals surface area contributed by atoms with Crippen molar-refractivity contribution in [3.8, 4) is 22.5 Å². The normalized spacial score (nSPS) is 24.2. The summed E-state index contributed by atoms with van der Waals surface area (Å²) < 4.78 is 11.1. The second-order valence-corrected chi connectivity index (χ2v) is 20.6. The second-order valence-electron chi connectivity index (χ2n) is 20.6. The van der Waals surface area contributed by atoms with E-state index in [1.165, 1.54) is 0 Å². The fraction of sp³-hybridized carbons (Fsp3) is 0.593. The van der Waals surface area contributed by atoms with Crippen LogP contribution < -0.4 is 31.1 Å². The smallest absolute Gasteiger partial charge is 0.321 e. The van der Waals surface area contributed by atoms with Gasteiger partial charge in [-0.25, -0.2) is 19.6 Å². The fourth-order valence-electron chi connectivity index (χ4n) is 10.8. The third-order valence-electron chi connectivity index (χ3n) is 15.4. The minimum atomic E-state index is -0.268. The monoisotopic (exact) mass is 989 g/mol. The minimum Gasteiger partial charge on any atom is -0.393 e. The topological polar surface area (TPSA) is 206 Å². The first-order valence-electron chi connectivity index (χ1n) is 26.6. The number of carbonyl (C=O) groups is 2. The number of rotatable bonds is 12. The van der Waals surface area contributed by atoms with E-state index in [1.54, 1.807) is 0 Å². The van der Waals surface area contributed by atoms with Gasteiger partial charge in [0.15, 0.2) is 0 Å². The molecule has 18 heteroatoms. The van der Waals surface area contributed by atoms with Crippen LogP contribution in [0, 0.1) is 25.7 Å². The van der Waals surface area contributed by atoms with Crippen LogP contribution in [-0.2, 0) is 9.47 Å². The Balaban J connectivity index is 0.000000178. The first-order valence-corrected chi connectivity index (χ1v) is 26.6. The molecular weight excluding hydrogens is 913 g/mol. The summed E-state index contributed by atoms with van der Waals surface area (Å²) >= 11 is 0. The summed E-state index contributed by atoms with van der Waals surface area (Å²) in [5, 5.41) is 33.1. The summed E-state index contributed by atoms with van der Waals surface area (Å²) in [7, 11) is 0. The molecule has 0 bridgehead atoms. The Morgan fingerprint density at radius 3 is 1.35 bits per heavy atom. The first kappa shape index (κ1) is 51.1. The number of urea groups is 2. The molecule has 18 nitrogen and oxygen atoms in total. The Kier molecular flexibility index (Phi) is 16.9. The average Bonchev–Trinajstić information content (AvgIpc) is 4.25. The molecular formula is C54H76N12O6. The number of likely N-dealkylation sites (tertiary alicyclic amines) is 2. The van der Waals surface area contributed by atoms with Crippen molar-refractivity contribution in [2.75, 3.05) is 110 Å². The average molecular weight is 989 g/mol. The van der Waals surface area contributed by atoms with E-state index in [0.717, 1.165) is 160 Å². The minimum absolute atomic E-state index is 0.0420. The van der Waals surface area contributed by atoms with Crippen molar-refractivity contribution >= 4 is 47.0 Å². The number of nitrogens with one attached hydrogen (secondary N) is 4. The van der Waals surface area contributed by atoms with Gasteiger partial charge in [-0.3, -0.25) is 0 Å². The Labute approximate surface area is 424 Å². The first-order chi connectivity index (χ1) is 35.0. The zero-order valence-electron chi connectivity index (χ0n) is 42.7. The lowest BCUT2D eigenvalue weighted by molar-refractivity contribution is 0.122. The quantitative estimate of drug-likeness (QED) is 0.0803. The van der Waals surface area contributed by atoms with Crippen molar-refractivity contribution in [2.45, 2.75) is 116 Å². The number of carbonyl (C=O) groups excluding carboxylic acids is 2. The lowest BCUT2D eigenvalue weighted by atomic mass is 10.0. The number of benzene rings is 2. The Morgan fingerprint density at radius 1 is 0.569 bits per heavy atom. The standard InChI is InChI=1S/2C27H38N6O3/c2*1-3-19-8-9-33(17-19)27(35)29-21-5-4-18(2)23(15-21)24-16-25(32-10-12-36-13-11-32)31-26(30-24)28-20-6-7-22(34)14-20/h2*4-5,15-16,19-20,22,34H,3,6-14,17H2,1-2H3,(H,29,35)(H,28,30,31)/t19-,20+,22-;19-,20-,22+/m11/s1. The summed E-state index contributed by atoms with van der Waals surface area (Å²) in [5.74, 6) is 4.06. The summed E-state index contributed by atoms with van der Waals surface area (Å²) in [6.45, 7) is 17.6. The maximum Gasteiger partial charge on any atom is 0.321 e. The molecule has 6 aliphatic rings. The summed E-state index contributed by atoms with van der Waals surface area (Å²) in [6, 6.07) is 16.3. The van der Waals surface area contributed by atoms with E-state index < -0.39 is 0 Å². The number of aliphatic hydroxyl groups is 2. The van der Waals surface area contributed by atoms with Gasteiger partial charge in [-0.1, -0.05) is 38.8 Å². The molecule has 2 aromatic heterocycles. The maximum atomic E-state index is 12.9. The molecule has 0 unspecified atom stereocenters. The van der Waals surface area contributed by atoms with Crippen LogP contribution in [0.25, 0.3) is 22.5 Å². The molecule has 72 heavy (non-hydrogen) atoms. The van der Waals surface area contributed by atoms with Gasteiger partial charge in [0.05, 0.1) is 50.0 Å². The molecule has 2 saturated carbocycles. The molecule has 388 valence electrons. The van der Waals surface area contributed by atoms with Crippen molar-refractivity contribution in [1.29, 1.82) is 0 Å². The molecule has 4 aliphatic heterocycles. The van der Waals surface area contributed by atoms with E-state index in [0.29, 0.717) is 63.0 Å². The van der Waals surface area contributed by atoms with E-state index in [9.17, 15) is 19.8 Å². The zero-order valence-corrected chi connectivity index (χ0v) is 42.7. The predicted molar refractivity (Wildman–Crippen MR) is 283 cm³/mol. The molecule has 6 atom stereocenters.